The number of benzene rings is 2. The normalized spacial score (nSPS) is 12.3. The molecule has 0 fully saturated rings. The zero-order chi connectivity index (χ0) is 31.0. The Morgan fingerprint density at radius 1 is 0.674 bits per heavy atom. The highest BCUT2D eigenvalue weighted by atomic mass is 32.2. The first-order valence-electron chi connectivity index (χ1n) is 11.9. The van der Waals surface area contributed by atoms with Crippen LogP contribution in [0, 0.1) is 0 Å². The van der Waals surface area contributed by atoms with Crippen molar-refractivity contribution in [1.82, 2.24) is 39.7 Å². The van der Waals surface area contributed by atoms with Crippen LogP contribution in [0.25, 0.3) is 34.2 Å². The van der Waals surface area contributed by atoms with Gasteiger partial charge in [0.25, 0.3) is 20.2 Å². The van der Waals surface area contributed by atoms with E-state index in [2.05, 4.69) is 36.9 Å². The van der Waals surface area contributed by atoms with E-state index in [0.717, 1.165) is 0 Å². The molecule has 5 rings (SSSR count). The van der Waals surface area contributed by atoms with E-state index in [1.165, 1.54) is 88.5 Å². The van der Waals surface area contributed by atoms with Gasteiger partial charge in [-0.05, 0) is 60.7 Å². The van der Waals surface area contributed by atoms with Crippen molar-refractivity contribution in [2.24, 2.45) is 0 Å². The average Bonchev–Trinajstić information content (AvgIpc) is 3.66. The van der Waals surface area contributed by atoms with Crippen molar-refractivity contribution in [2.45, 2.75) is 14.7 Å². The Hall–Kier alpha value is -4.66. The minimum Gasteiger partial charge on any atom is -0.282 e. The van der Waals surface area contributed by atoms with Gasteiger partial charge in [-0.1, -0.05) is 16.5 Å². The molecule has 0 spiro atoms. The van der Waals surface area contributed by atoms with Crippen LogP contribution < -0.4 is 4.72 Å². The van der Waals surface area contributed by atoms with Crippen molar-refractivity contribution in [3.63, 3.8) is 0 Å². The van der Waals surface area contributed by atoms with Crippen LogP contribution in [0.3, 0.4) is 0 Å². The van der Waals surface area contributed by atoms with Gasteiger partial charge in [0.15, 0.2) is 0 Å². The Balaban J connectivity index is 1.55. The van der Waals surface area contributed by atoms with Gasteiger partial charge in [0, 0.05) is 6.54 Å². The maximum absolute atomic E-state index is 13.0. The molecular weight excluding hydrogens is 625 g/mol. The number of hydrogen-bond donors (Lipinski definition) is 3. The van der Waals surface area contributed by atoms with Crippen molar-refractivity contribution in [1.29, 1.82) is 0 Å². The Morgan fingerprint density at radius 3 is 1.47 bits per heavy atom. The molecule has 0 aliphatic carbocycles. The smallest absolute Gasteiger partial charge is 0.282 e. The molecule has 0 saturated heterocycles. The largest absolute Gasteiger partial charge is 0.294 e. The van der Waals surface area contributed by atoms with Crippen LogP contribution in [0.5, 0.6) is 0 Å². The number of nitrogens with one attached hydrogen (secondary N) is 1. The maximum Gasteiger partial charge on any atom is 0.294 e. The van der Waals surface area contributed by atoms with E-state index in [1.54, 1.807) is 0 Å². The fourth-order valence-corrected chi connectivity index (χ4v) is 5.73. The maximum atomic E-state index is 13.0. The van der Waals surface area contributed by atoms with Crippen molar-refractivity contribution in [3.05, 3.63) is 85.7 Å². The van der Waals surface area contributed by atoms with Gasteiger partial charge in [-0.15, -0.1) is 16.8 Å². The first-order chi connectivity index (χ1) is 20.2. The summed E-state index contributed by atoms with van der Waals surface area (Å²) in [4.78, 5) is 3.71. The molecule has 222 valence electrons. The van der Waals surface area contributed by atoms with Crippen molar-refractivity contribution < 1.29 is 34.4 Å². The quantitative estimate of drug-likeness (QED) is 0.145. The molecular formula is C24H20N8O8S3. The Bertz CT molecular complexity index is 2030. The van der Waals surface area contributed by atoms with Crippen molar-refractivity contribution in [2.75, 3.05) is 6.54 Å². The predicted molar refractivity (Wildman–Crippen MR) is 150 cm³/mol. The molecule has 2 aromatic carbocycles. The molecule has 43 heavy (non-hydrogen) atoms. The third-order valence-electron chi connectivity index (χ3n) is 5.84. The highest BCUT2D eigenvalue weighted by molar-refractivity contribution is 7.89. The molecule has 0 saturated carbocycles. The van der Waals surface area contributed by atoms with Crippen LogP contribution in [0.4, 0.5) is 0 Å². The molecule has 0 aliphatic rings. The summed E-state index contributed by atoms with van der Waals surface area (Å²) in [5.74, 6) is 0. The molecule has 3 heterocycles. The van der Waals surface area contributed by atoms with Crippen LogP contribution in [0.1, 0.15) is 0 Å². The second kappa shape index (κ2) is 11.2. The van der Waals surface area contributed by atoms with E-state index < -0.39 is 30.3 Å². The van der Waals surface area contributed by atoms with E-state index in [1.807, 2.05) is 0 Å². The predicted octanol–water partition coefficient (Wildman–Crippen LogP) is 1.53. The SMILES string of the molecule is C=CCNS(=O)(=O)c1cc(-c2cn(-c3ccc(S(=O)(=O)O)cc3)nn2)nc(-c2cn(-c3ccc(S(=O)(=O)O)cc3)nn2)c1. The summed E-state index contributed by atoms with van der Waals surface area (Å²) in [5, 5.41) is 16.2. The minimum absolute atomic E-state index is 0.0409. The summed E-state index contributed by atoms with van der Waals surface area (Å²) in [6, 6.07) is 12.8. The zero-order valence-electron chi connectivity index (χ0n) is 21.6. The van der Waals surface area contributed by atoms with E-state index >= 15 is 0 Å². The zero-order valence-corrected chi connectivity index (χ0v) is 24.1. The number of pyridine rings is 1. The van der Waals surface area contributed by atoms with Crippen molar-refractivity contribution in [3.8, 4) is 34.2 Å². The summed E-state index contributed by atoms with van der Waals surface area (Å²) in [6.07, 6.45) is 4.25. The van der Waals surface area contributed by atoms with Gasteiger partial charge >= 0.3 is 0 Å². The second-order valence-corrected chi connectivity index (χ2v) is 13.4. The summed E-state index contributed by atoms with van der Waals surface area (Å²) < 4.78 is 94.8. The fraction of sp³-hybridized carbons (Fsp3) is 0.0417. The van der Waals surface area contributed by atoms with Gasteiger partial charge in [-0.2, -0.15) is 16.8 Å². The topological polar surface area (TPSA) is 229 Å². The lowest BCUT2D eigenvalue weighted by molar-refractivity contribution is 0.481. The minimum atomic E-state index is -4.39. The van der Waals surface area contributed by atoms with Gasteiger partial charge in [-0.25, -0.2) is 27.5 Å². The molecule has 0 aliphatic heterocycles. The van der Waals surface area contributed by atoms with Crippen molar-refractivity contribution >= 4 is 30.3 Å². The highest BCUT2D eigenvalue weighted by Crippen LogP contribution is 2.26. The van der Waals surface area contributed by atoms with E-state index in [-0.39, 0.29) is 44.0 Å². The molecule has 19 heteroatoms. The molecule has 16 nitrogen and oxygen atoms in total. The van der Waals surface area contributed by atoms with Crippen LogP contribution in [-0.4, -0.2) is 75.9 Å². The van der Waals surface area contributed by atoms with Gasteiger partial charge in [-0.3, -0.25) is 9.11 Å². The molecule has 0 unspecified atom stereocenters. The second-order valence-electron chi connectivity index (χ2n) is 8.75. The van der Waals surface area contributed by atoms with Gasteiger partial charge in [0.05, 0.1) is 49.8 Å². The molecule has 0 atom stereocenters. The number of rotatable bonds is 10. The monoisotopic (exact) mass is 644 g/mol. The summed E-state index contributed by atoms with van der Waals surface area (Å²) in [7, 11) is -12.8. The standard InChI is InChI=1S/C24H20N8O8S3/c1-2-11-25-41(33,34)20-12-21(23-14-31(29-27-23)16-3-7-18(8-4-16)42(35,36)37)26-22(13-20)24-15-32(30-28-24)17-5-9-19(10-6-17)43(38,39)40/h2-10,12-15,25H,1,11H2,(H,35,36,37)(H,38,39,40). The summed E-state index contributed by atoms with van der Waals surface area (Å²) in [5.41, 5.74) is 1.31. The Labute approximate surface area is 244 Å². The van der Waals surface area contributed by atoms with Crippen LogP contribution in [-0.2, 0) is 30.3 Å². The van der Waals surface area contributed by atoms with E-state index in [4.69, 9.17) is 0 Å². The number of hydrogen-bond acceptors (Lipinski definition) is 11. The van der Waals surface area contributed by atoms with Gasteiger partial charge in [0.2, 0.25) is 10.0 Å². The van der Waals surface area contributed by atoms with Crippen LogP contribution in [0.2, 0.25) is 0 Å². The third kappa shape index (κ3) is 6.56. The highest BCUT2D eigenvalue weighted by Gasteiger charge is 2.21. The number of aromatic nitrogens is 7. The van der Waals surface area contributed by atoms with E-state index in [0.29, 0.717) is 11.4 Å². The molecule has 3 N–H and O–H groups in total. The third-order valence-corrected chi connectivity index (χ3v) is 8.98. The van der Waals surface area contributed by atoms with Gasteiger partial charge < -0.3 is 0 Å². The Morgan fingerprint density at radius 2 is 1.09 bits per heavy atom. The fourth-order valence-electron chi connectivity index (χ4n) is 3.73. The number of nitrogens with zero attached hydrogens (tertiary/aromatic N) is 7. The lowest BCUT2D eigenvalue weighted by atomic mass is 10.2. The van der Waals surface area contributed by atoms with Crippen LogP contribution in [0.15, 0.2) is 100 Å². The molecule has 5 aromatic rings. The lowest BCUT2D eigenvalue weighted by Gasteiger charge is -2.08. The first kappa shape index (κ1) is 29.8. The lowest BCUT2D eigenvalue weighted by Crippen LogP contribution is -2.23. The molecule has 0 radical (unpaired) electrons. The molecule has 0 bridgehead atoms. The summed E-state index contributed by atoms with van der Waals surface area (Å²) in [6.45, 7) is 3.47. The molecule has 0 amide bonds. The Kier molecular flexibility index (Phi) is 7.77. The molecule has 3 aromatic heterocycles. The summed E-state index contributed by atoms with van der Waals surface area (Å²) >= 11 is 0. The average molecular weight is 645 g/mol. The number of sulfonamides is 1. The van der Waals surface area contributed by atoms with Gasteiger partial charge in [0.1, 0.15) is 11.4 Å². The van der Waals surface area contributed by atoms with Crippen LogP contribution >= 0.6 is 0 Å². The first-order valence-corrected chi connectivity index (χ1v) is 16.2. The van der Waals surface area contributed by atoms with E-state index in [9.17, 15) is 34.4 Å².